The van der Waals surface area contributed by atoms with Crippen LogP contribution in [-0.2, 0) is 0 Å². The Morgan fingerprint density at radius 2 is 2.12 bits per heavy atom. The van der Waals surface area contributed by atoms with Crippen molar-refractivity contribution in [2.24, 2.45) is 23.2 Å². The standard InChI is InChI=1S/C15H26O2/c1-10(2)12-4-5-15(8-12)11(3)6-14(17)7-13(15)9-16/h11-14,16-17H,1,4-9H2,2-3H3/t11-,12-,13-,14-,15+/m1/s1. The lowest BCUT2D eigenvalue weighted by Gasteiger charge is -2.48. The third-order valence-electron chi connectivity index (χ3n) is 5.48. The zero-order chi connectivity index (χ0) is 12.6. The summed E-state index contributed by atoms with van der Waals surface area (Å²) in [6.07, 6.45) is 5.05. The van der Waals surface area contributed by atoms with Gasteiger partial charge in [0.05, 0.1) is 6.10 Å². The van der Waals surface area contributed by atoms with Gasteiger partial charge in [0.1, 0.15) is 0 Å². The van der Waals surface area contributed by atoms with E-state index in [0.29, 0.717) is 11.8 Å². The number of aliphatic hydroxyl groups is 2. The Bertz CT molecular complexity index is 299. The highest BCUT2D eigenvalue weighted by molar-refractivity contribution is 5.08. The second kappa shape index (κ2) is 4.74. The van der Waals surface area contributed by atoms with Gasteiger partial charge in [0, 0.05) is 6.61 Å². The van der Waals surface area contributed by atoms with E-state index in [4.69, 9.17) is 0 Å². The maximum Gasteiger partial charge on any atom is 0.0546 e. The first-order valence-electron chi connectivity index (χ1n) is 6.94. The monoisotopic (exact) mass is 238 g/mol. The van der Waals surface area contributed by atoms with E-state index >= 15 is 0 Å². The van der Waals surface area contributed by atoms with Gasteiger partial charge in [-0.25, -0.2) is 0 Å². The summed E-state index contributed by atoms with van der Waals surface area (Å²) in [5, 5.41) is 19.5. The predicted molar refractivity (Wildman–Crippen MR) is 69.6 cm³/mol. The molecule has 0 aromatic rings. The Balaban J connectivity index is 2.19. The first-order chi connectivity index (χ1) is 7.99. The number of rotatable bonds is 2. The number of aliphatic hydroxyl groups excluding tert-OH is 2. The zero-order valence-electron chi connectivity index (χ0n) is 11.2. The van der Waals surface area contributed by atoms with E-state index in [-0.39, 0.29) is 24.0 Å². The molecule has 98 valence electrons. The molecule has 2 fully saturated rings. The Kier molecular flexibility index (Phi) is 3.65. The fourth-order valence-electron chi connectivity index (χ4n) is 4.31. The molecular weight excluding hydrogens is 212 g/mol. The molecular formula is C15H26O2. The Morgan fingerprint density at radius 3 is 2.65 bits per heavy atom. The van der Waals surface area contributed by atoms with Crippen LogP contribution in [0.2, 0.25) is 0 Å². The van der Waals surface area contributed by atoms with E-state index in [1.807, 2.05) is 0 Å². The molecule has 17 heavy (non-hydrogen) atoms. The van der Waals surface area contributed by atoms with Gasteiger partial charge >= 0.3 is 0 Å². The van der Waals surface area contributed by atoms with Gasteiger partial charge in [0.15, 0.2) is 0 Å². The molecule has 0 aromatic heterocycles. The smallest absolute Gasteiger partial charge is 0.0546 e. The molecule has 2 N–H and O–H groups in total. The molecule has 5 atom stereocenters. The van der Waals surface area contributed by atoms with Crippen LogP contribution in [0, 0.1) is 23.2 Å². The van der Waals surface area contributed by atoms with Gasteiger partial charge in [-0.1, -0.05) is 19.1 Å². The van der Waals surface area contributed by atoms with E-state index in [2.05, 4.69) is 20.4 Å². The molecule has 1 spiro atoms. The molecule has 0 aliphatic heterocycles. The van der Waals surface area contributed by atoms with Gasteiger partial charge < -0.3 is 10.2 Å². The van der Waals surface area contributed by atoms with Crippen LogP contribution in [0.15, 0.2) is 12.2 Å². The van der Waals surface area contributed by atoms with Gasteiger partial charge in [0.2, 0.25) is 0 Å². The van der Waals surface area contributed by atoms with Gasteiger partial charge in [0.25, 0.3) is 0 Å². The minimum absolute atomic E-state index is 0.211. The molecule has 0 amide bonds. The quantitative estimate of drug-likeness (QED) is 0.726. The van der Waals surface area contributed by atoms with E-state index in [1.165, 1.54) is 24.8 Å². The van der Waals surface area contributed by atoms with Crippen LogP contribution in [0.5, 0.6) is 0 Å². The zero-order valence-corrected chi connectivity index (χ0v) is 11.2. The first kappa shape index (κ1) is 13.1. The van der Waals surface area contributed by atoms with Crippen molar-refractivity contribution in [3.8, 4) is 0 Å². The summed E-state index contributed by atoms with van der Waals surface area (Å²) in [6, 6.07) is 0. The summed E-state index contributed by atoms with van der Waals surface area (Å²) in [5.74, 6) is 1.43. The lowest BCUT2D eigenvalue weighted by molar-refractivity contribution is -0.0552. The summed E-state index contributed by atoms with van der Waals surface area (Å²) in [6.45, 7) is 8.70. The number of hydrogen-bond donors (Lipinski definition) is 2. The summed E-state index contributed by atoms with van der Waals surface area (Å²) in [5.41, 5.74) is 1.55. The Morgan fingerprint density at radius 1 is 1.41 bits per heavy atom. The second-order valence-electron chi connectivity index (χ2n) is 6.43. The van der Waals surface area contributed by atoms with E-state index < -0.39 is 0 Å². The SMILES string of the molecule is C=C(C)[C@@H]1CC[C@@]2(C1)[C@@H](CO)C[C@H](O)C[C@H]2C. The van der Waals surface area contributed by atoms with Crippen LogP contribution >= 0.6 is 0 Å². The van der Waals surface area contributed by atoms with E-state index in [0.717, 1.165) is 12.8 Å². The molecule has 0 radical (unpaired) electrons. The fraction of sp³-hybridized carbons (Fsp3) is 0.867. The van der Waals surface area contributed by atoms with Gasteiger partial charge in [-0.05, 0) is 62.2 Å². The summed E-state index contributed by atoms with van der Waals surface area (Å²) in [4.78, 5) is 0. The average Bonchev–Trinajstić information content (AvgIpc) is 2.70. The molecule has 2 aliphatic rings. The molecule has 2 rings (SSSR count). The summed E-state index contributed by atoms with van der Waals surface area (Å²) >= 11 is 0. The van der Waals surface area contributed by atoms with Crippen LogP contribution in [0.3, 0.4) is 0 Å². The van der Waals surface area contributed by atoms with Crippen LogP contribution in [0.1, 0.15) is 46.0 Å². The highest BCUT2D eigenvalue weighted by Gasteiger charge is 2.51. The predicted octanol–water partition coefficient (Wildman–Crippen LogP) is 2.75. The average molecular weight is 238 g/mol. The third kappa shape index (κ3) is 2.17. The van der Waals surface area contributed by atoms with Crippen molar-refractivity contribution in [2.75, 3.05) is 6.61 Å². The summed E-state index contributed by atoms with van der Waals surface area (Å²) in [7, 11) is 0. The third-order valence-corrected chi connectivity index (χ3v) is 5.48. The highest BCUT2D eigenvalue weighted by atomic mass is 16.3. The molecule has 0 aromatic carbocycles. The van der Waals surface area contributed by atoms with Crippen molar-refractivity contribution in [1.82, 2.24) is 0 Å². The van der Waals surface area contributed by atoms with Crippen LogP contribution < -0.4 is 0 Å². The van der Waals surface area contributed by atoms with Crippen molar-refractivity contribution >= 4 is 0 Å². The summed E-state index contributed by atoms with van der Waals surface area (Å²) < 4.78 is 0. The second-order valence-corrected chi connectivity index (χ2v) is 6.43. The molecule has 2 heteroatoms. The van der Waals surface area contributed by atoms with Crippen LogP contribution in [0.25, 0.3) is 0 Å². The minimum Gasteiger partial charge on any atom is -0.396 e. The maximum absolute atomic E-state index is 9.87. The van der Waals surface area contributed by atoms with Crippen molar-refractivity contribution in [2.45, 2.75) is 52.1 Å². The first-order valence-corrected chi connectivity index (χ1v) is 6.94. The largest absolute Gasteiger partial charge is 0.396 e. The Labute approximate surface area is 105 Å². The normalized spacial score (nSPS) is 46.4. The van der Waals surface area contributed by atoms with Crippen LogP contribution in [0.4, 0.5) is 0 Å². The van der Waals surface area contributed by atoms with E-state index in [9.17, 15) is 10.2 Å². The number of allylic oxidation sites excluding steroid dienone is 1. The fourth-order valence-corrected chi connectivity index (χ4v) is 4.31. The molecule has 0 bridgehead atoms. The maximum atomic E-state index is 9.87. The molecule has 0 heterocycles. The van der Waals surface area contributed by atoms with Crippen molar-refractivity contribution in [1.29, 1.82) is 0 Å². The lowest BCUT2D eigenvalue weighted by atomic mass is 9.58. The molecule has 0 unspecified atom stereocenters. The lowest BCUT2D eigenvalue weighted by Crippen LogP contribution is -2.44. The minimum atomic E-state index is -0.211. The van der Waals surface area contributed by atoms with Crippen molar-refractivity contribution < 1.29 is 10.2 Å². The molecule has 2 saturated carbocycles. The topological polar surface area (TPSA) is 40.5 Å². The highest BCUT2D eigenvalue weighted by Crippen LogP contribution is 2.58. The van der Waals surface area contributed by atoms with Crippen molar-refractivity contribution in [3.05, 3.63) is 12.2 Å². The number of hydrogen-bond acceptors (Lipinski definition) is 2. The molecule has 2 aliphatic carbocycles. The van der Waals surface area contributed by atoms with Crippen molar-refractivity contribution in [3.63, 3.8) is 0 Å². The van der Waals surface area contributed by atoms with Gasteiger partial charge in [-0.15, -0.1) is 0 Å². The molecule has 0 saturated heterocycles. The Hall–Kier alpha value is -0.340. The van der Waals surface area contributed by atoms with Gasteiger partial charge in [-0.2, -0.15) is 0 Å². The van der Waals surface area contributed by atoms with E-state index in [1.54, 1.807) is 0 Å². The van der Waals surface area contributed by atoms with Gasteiger partial charge in [-0.3, -0.25) is 0 Å². The van der Waals surface area contributed by atoms with Crippen LogP contribution in [-0.4, -0.2) is 22.9 Å². The molecule has 2 nitrogen and oxygen atoms in total.